The number of carbonyl (C=O) groups excluding carboxylic acids is 3. The lowest BCUT2D eigenvalue weighted by Crippen LogP contribution is -2.45. The summed E-state index contributed by atoms with van der Waals surface area (Å²) < 4.78 is 13.2. The van der Waals surface area contributed by atoms with E-state index in [1.807, 2.05) is 31.2 Å². The van der Waals surface area contributed by atoms with Crippen LogP contribution in [0.25, 0.3) is 10.9 Å². The van der Waals surface area contributed by atoms with Crippen molar-refractivity contribution in [1.82, 2.24) is 14.5 Å². The molecular weight excluding hydrogens is 410 g/mol. The Balaban J connectivity index is 1.76. The van der Waals surface area contributed by atoms with Crippen LogP contribution in [0.2, 0.25) is 0 Å². The third kappa shape index (κ3) is 3.02. The van der Waals surface area contributed by atoms with E-state index in [9.17, 15) is 14.4 Å². The van der Waals surface area contributed by atoms with Crippen LogP contribution < -0.4 is 0 Å². The molecule has 8 heteroatoms. The predicted octanol–water partition coefficient (Wildman–Crippen LogP) is 2.43. The highest BCUT2D eigenvalue weighted by Gasteiger charge is 2.50. The Bertz CT molecular complexity index is 1340. The summed E-state index contributed by atoms with van der Waals surface area (Å²) in [5, 5.41) is 0.713. The van der Waals surface area contributed by atoms with Crippen LogP contribution in [0.4, 0.5) is 0 Å². The minimum atomic E-state index is -1.02. The highest BCUT2D eigenvalue weighted by molar-refractivity contribution is 6.12. The number of para-hydroxylation sites is 1. The van der Waals surface area contributed by atoms with Crippen molar-refractivity contribution in [3.63, 3.8) is 0 Å². The maximum absolute atomic E-state index is 13.9. The van der Waals surface area contributed by atoms with E-state index in [4.69, 9.17) is 15.9 Å². The molecule has 5 rings (SSSR count). The van der Waals surface area contributed by atoms with Gasteiger partial charge in [0.05, 0.1) is 35.7 Å². The van der Waals surface area contributed by atoms with E-state index in [0.717, 1.165) is 23.4 Å². The van der Waals surface area contributed by atoms with Crippen LogP contribution in [0.15, 0.2) is 42.7 Å². The summed E-state index contributed by atoms with van der Waals surface area (Å²) in [5.74, 6) is 0.205. The molecule has 8 nitrogen and oxygen atoms in total. The molecule has 1 N–H and O–H groups in total. The van der Waals surface area contributed by atoms with Gasteiger partial charge in [0.15, 0.2) is 18.0 Å². The van der Waals surface area contributed by atoms with Gasteiger partial charge in [-0.15, -0.1) is 6.42 Å². The molecule has 3 unspecified atom stereocenters. The average molecular weight is 429 g/mol. The maximum atomic E-state index is 13.9. The zero-order valence-electron chi connectivity index (χ0n) is 17.2. The minimum absolute atomic E-state index is 0.164. The van der Waals surface area contributed by atoms with Gasteiger partial charge in [-0.1, -0.05) is 24.1 Å². The van der Waals surface area contributed by atoms with Crippen LogP contribution in [0.5, 0.6) is 0 Å². The zero-order chi connectivity index (χ0) is 22.4. The monoisotopic (exact) mass is 429 g/mol. The lowest BCUT2D eigenvalue weighted by molar-refractivity contribution is -0.169. The number of aromatic nitrogens is 3. The van der Waals surface area contributed by atoms with Gasteiger partial charge >= 0.3 is 11.9 Å². The molecule has 160 valence electrons. The smallest absolute Gasteiger partial charge is 0.331 e. The second kappa shape index (κ2) is 7.54. The van der Waals surface area contributed by atoms with E-state index < -0.39 is 30.1 Å². The number of hydrogen-bond acceptors (Lipinski definition) is 6. The van der Waals surface area contributed by atoms with E-state index in [1.165, 1.54) is 0 Å². The third-order valence-corrected chi connectivity index (χ3v) is 6.01. The number of fused-ring (bicyclic) bond motifs is 5. The number of benzene rings is 1. The van der Waals surface area contributed by atoms with Crippen LogP contribution in [-0.2, 0) is 32.0 Å². The molecule has 0 saturated carbocycles. The normalized spacial score (nSPS) is 23.4. The number of carbonyl (C=O) groups is 3. The number of ether oxygens (including phenoxy) is 2. The van der Waals surface area contributed by atoms with Gasteiger partial charge in [-0.2, -0.15) is 0 Å². The number of nitrogens with one attached hydrogen (secondary N) is 1. The molecule has 0 fully saturated rings. The van der Waals surface area contributed by atoms with Gasteiger partial charge in [-0.05, 0) is 13.0 Å². The molecular formula is C24H19N3O5. The summed E-state index contributed by atoms with van der Waals surface area (Å²) in [6.07, 6.45) is 7.40. The van der Waals surface area contributed by atoms with Crippen LogP contribution in [0.1, 0.15) is 33.5 Å². The Morgan fingerprint density at radius 3 is 2.62 bits per heavy atom. The van der Waals surface area contributed by atoms with E-state index in [1.54, 1.807) is 10.9 Å². The molecule has 3 heterocycles. The third-order valence-electron chi connectivity index (χ3n) is 6.01. The van der Waals surface area contributed by atoms with Crippen molar-refractivity contribution in [2.24, 2.45) is 5.92 Å². The topological polar surface area (TPSA) is 103 Å². The summed E-state index contributed by atoms with van der Waals surface area (Å²) in [5.41, 5.74) is 3.12. The molecule has 2 aromatic heterocycles. The number of nitrogens with zero attached hydrogens (tertiary/aromatic N) is 2. The van der Waals surface area contributed by atoms with E-state index in [-0.39, 0.29) is 18.7 Å². The lowest BCUT2D eigenvalue weighted by atomic mass is 9.78. The molecule has 1 aliphatic heterocycles. The Morgan fingerprint density at radius 1 is 1.16 bits per heavy atom. The van der Waals surface area contributed by atoms with Gasteiger partial charge in [-0.3, -0.25) is 4.79 Å². The average Bonchev–Trinajstić information content (AvgIpc) is 3.32. The van der Waals surface area contributed by atoms with Gasteiger partial charge in [0.25, 0.3) is 0 Å². The number of hydrogen-bond donors (Lipinski definition) is 1. The number of aromatic amines is 1. The highest BCUT2D eigenvalue weighted by atomic mass is 16.6. The second-order valence-electron chi connectivity index (χ2n) is 7.81. The first-order chi connectivity index (χ1) is 15.5. The molecule has 0 radical (unpaired) electrons. The van der Waals surface area contributed by atoms with Crippen molar-refractivity contribution in [3.05, 3.63) is 65.4 Å². The van der Waals surface area contributed by atoms with E-state index in [2.05, 4.69) is 15.9 Å². The van der Waals surface area contributed by atoms with Crippen molar-refractivity contribution in [3.8, 4) is 12.3 Å². The Labute approximate surface area is 183 Å². The quantitative estimate of drug-likeness (QED) is 0.507. The zero-order valence-corrected chi connectivity index (χ0v) is 17.2. The van der Waals surface area contributed by atoms with Crippen molar-refractivity contribution in [1.29, 1.82) is 0 Å². The van der Waals surface area contributed by atoms with Crippen molar-refractivity contribution in [2.75, 3.05) is 0 Å². The molecule has 0 saturated heterocycles. The van der Waals surface area contributed by atoms with Gasteiger partial charge in [0, 0.05) is 35.2 Å². The molecule has 1 aromatic carbocycles. The number of Topliss-reactive ketones (excluding diaryl/α,β-unsaturated/α-hetero) is 1. The molecule has 1 aliphatic carbocycles. The number of esters is 2. The molecule has 32 heavy (non-hydrogen) atoms. The molecule has 3 aromatic rings. The summed E-state index contributed by atoms with van der Waals surface area (Å²) in [6, 6.07) is 7.38. The molecule has 0 bridgehead atoms. The highest BCUT2D eigenvalue weighted by Crippen LogP contribution is 2.44. The number of terminal acetylenes is 1. The Hall–Kier alpha value is -4.12. The van der Waals surface area contributed by atoms with Gasteiger partial charge in [-0.25, -0.2) is 14.6 Å². The van der Waals surface area contributed by atoms with Gasteiger partial charge in [0.2, 0.25) is 0 Å². The standard InChI is InChI=1S/C24H19N3O5/c1-3-10-27-17-7-5-4-6-14(17)20-21(27)24-23(31-18(28)8-9-19(29)32-24)15(22(20)30)11-16-13(2)25-12-26-16/h1,4-9,12,15,23-24H,10-11H2,2H3,(H,25,26)/b9-8-. The first-order valence-corrected chi connectivity index (χ1v) is 10.2. The van der Waals surface area contributed by atoms with Gasteiger partial charge in [0.1, 0.15) is 0 Å². The number of ketones is 1. The van der Waals surface area contributed by atoms with Crippen LogP contribution in [0.3, 0.4) is 0 Å². The minimum Gasteiger partial charge on any atom is -0.454 e. The van der Waals surface area contributed by atoms with Crippen LogP contribution in [0, 0.1) is 25.2 Å². The predicted molar refractivity (Wildman–Crippen MR) is 113 cm³/mol. The number of H-pyrrole nitrogens is 1. The first kappa shape index (κ1) is 19.8. The SMILES string of the molecule is C#CCn1c2c(c3ccccc31)C(=O)C(Cc1nc[nH]c1C)C1OC(=O)/C=C\C(=O)OC21. The summed E-state index contributed by atoms with van der Waals surface area (Å²) in [4.78, 5) is 46.0. The number of aryl methyl sites for hydroxylation is 1. The molecule has 0 spiro atoms. The van der Waals surface area contributed by atoms with Gasteiger partial charge < -0.3 is 19.0 Å². The fourth-order valence-electron chi connectivity index (χ4n) is 4.59. The Kier molecular flexibility index (Phi) is 4.67. The number of rotatable bonds is 3. The van der Waals surface area contributed by atoms with E-state index >= 15 is 0 Å². The lowest BCUT2D eigenvalue weighted by Gasteiger charge is -2.37. The molecule has 0 amide bonds. The first-order valence-electron chi connectivity index (χ1n) is 10.2. The second-order valence-corrected chi connectivity index (χ2v) is 7.81. The van der Waals surface area contributed by atoms with Crippen molar-refractivity contribution < 1.29 is 23.9 Å². The summed E-state index contributed by atoms with van der Waals surface area (Å²) >= 11 is 0. The Morgan fingerprint density at radius 2 is 1.91 bits per heavy atom. The summed E-state index contributed by atoms with van der Waals surface area (Å²) in [6.45, 7) is 2.01. The van der Waals surface area contributed by atoms with E-state index in [0.29, 0.717) is 22.3 Å². The van der Waals surface area contributed by atoms with Crippen LogP contribution >= 0.6 is 0 Å². The maximum Gasteiger partial charge on any atom is 0.331 e. The van der Waals surface area contributed by atoms with Crippen molar-refractivity contribution in [2.45, 2.75) is 32.1 Å². The molecule has 3 atom stereocenters. The summed E-state index contributed by atoms with van der Waals surface area (Å²) in [7, 11) is 0. The fourth-order valence-corrected chi connectivity index (χ4v) is 4.59. The van der Waals surface area contributed by atoms with Crippen LogP contribution in [-0.4, -0.2) is 38.4 Å². The van der Waals surface area contributed by atoms with Crippen molar-refractivity contribution >= 4 is 28.6 Å². The fraction of sp³-hybridized carbons (Fsp3) is 0.250. The number of imidazole rings is 1. The largest absolute Gasteiger partial charge is 0.454 e. The molecule has 2 aliphatic rings.